The molecule has 0 saturated carbocycles. The Labute approximate surface area is 141 Å². The van der Waals surface area contributed by atoms with E-state index in [-0.39, 0.29) is 17.7 Å². The van der Waals surface area contributed by atoms with Gasteiger partial charge in [-0.3, -0.25) is 14.6 Å². The van der Waals surface area contributed by atoms with Crippen molar-refractivity contribution in [3.8, 4) is 0 Å². The van der Waals surface area contributed by atoms with Gasteiger partial charge in [0, 0.05) is 31.4 Å². The van der Waals surface area contributed by atoms with E-state index in [1.54, 1.807) is 22.7 Å². The van der Waals surface area contributed by atoms with Crippen LogP contribution in [0.15, 0.2) is 24.0 Å². The van der Waals surface area contributed by atoms with Crippen LogP contribution in [0.4, 0.5) is 5.13 Å². The maximum atomic E-state index is 12.4. The van der Waals surface area contributed by atoms with Crippen LogP contribution in [0.3, 0.4) is 0 Å². The van der Waals surface area contributed by atoms with Crippen molar-refractivity contribution in [2.45, 2.75) is 12.8 Å². The summed E-state index contributed by atoms with van der Waals surface area (Å²) >= 11 is 7.29. The van der Waals surface area contributed by atoms with Crippen molar-refractivity contribution in [3.63, 3.8) is 0 Å². The number of halogens is 1. The van der Waals surface area contributed by atoms with Gasteiger partial charge in [0.25, 0.3) is 5.91 Å². The number of aromatic nitrogens is 3. The second-order valence-electron chi connectivity index (χ2n) is 5.16. The monoisotopic (exact) mass is 351 g/mol. The molecule has 0 aliphatic carbocycles. The molecule has 2 amide bonds. The van der Waals surface area contributed by atoms with Gasteiger partial charge in [0.05, 0.1) is 10.6 Å². The molecule has 1 N–H and O–H groups in total. The summed E-state index contributed by atoms with van der Waals surface area (Å²) in [5.74, 6) is -0.327. The molecule has 23 heavy (non-hydrogen) atoms. The van der Waals surface area contributed by atoms with E-state index in [4.69, 9.17) is 11.6 Å². The molecule has 7 nitrogen and oxygen atoms in total. The summed E-state index contributed by atoms with van der Waals surface area (Å²) in [6.07, 6.45) is 4.22. The van der Waals surface area contributed by atoms with Crippen LogP contribution in [0, 0.1) is 5.92 Å². The first-order valence-corrected chi connectivity index (χ1v) is 8.36. The third-order valence-corrected chi connectivity index (χ3v) is 4.65. The Balaban J connectivity index is 1.57. The third-order valence-electron chi connectivity index (χ3n) is 3.75. The first-order chi connectivity index (χ1) is 11.1. The molecule has 0 radical (unpaired) electrons. The van der Waals surface area contributed by atoms with Crippen molar-refractivity contribution < 1.29 is 9.59 Å². The van der Waals surface area contributed by atoms with Crippen LogP contribution >= 0.6 is 22.9 Å². The topological polar surface area (TPSA) is 88.1 Å². The molecule has 0 bridgehead atoms. The lowest BCUT2D eigenvalue weighted by Gasteiger charge is -2.31. The number of hydrogen-bond donors (Lipinski definition) is 1. The molecule has 3 heterocycles. The van der Waals surface area contributed by atoms with E-state index in [1.165, 1.54) is 17.5 Å². The summed E-state index contributed by atoms with van der Waals surface area (Å²) in [7, 11) is 0. The van der Waals surface area contributed by atoms with Crippen molar-refractivity contribution in [1.29, 1.82) is 0 Å². The Morgan fingerprint density at radius 1 is 1.35 bits per heavy atom. The fourth-order valence-corrected chi connectivity index (χ4v) is 3.15. The normalized spacial score (nSPS) is 15.4. The number of nitrogens with zero attached hydrogens (tertiary/aromatic N) is 4. The van der Waals surface area contributed by atoms with Crippen LogP contribution in [0.5, 0.6) is 0 Å². The molecule has 9 heteroatoms. The number of hydrogen-bond acceptors (Lipinski definition) is 6. The SMILES string of the molecule is O=C(Nc1nncs1)C1CCN(C(=O)c2ccncc2Cl)CC1. The summed E-state index contributed by atoms with van der Waals surface area (Å²) < 4.78 is 0. The van der Waals surface area contributed by atoms with E-state index in [1.807, 2.05) is 0 Å². The Hall–Kier alpha value is -2.06. The zero-order chi connectivity index (χ0) is 16.2. The quantitative estimate of drug-likeness (QED) is 0.914. The van der Waals surface area contributed by atoms with Crippen molar-refractivity contribution in [2.75, 3.05) is 18.4 Å². The molecular formula is C14H14ClN5O2S. The smallest absolute Gasteiger partial charge is 0.255 e. The second kappa shape index (κ2) is 7.01. The lowest BCUT2D eigenvalue weighted by molar-refractivity contribution is -0.121. The molecule has 2 aromatic heterocycles. The van der Waals surface area contributed by atoms with Gasteiger partial charge in [-0.05, 0) is 18.9 Å². The first kappa shape index (κ1) is 15.8. The maximum Gasteiger partial charge on any atom is 0.255 e. The number of carbonyl (C=O) groups is 2. The van der Waals surface area contributed by atoms with Crippen molar-refractivity contribution in [2.24, 2.45) is 5.92 Å². The van der Waals surface area contributed by atoms with Crippen molar-refractivity contribution >= 4 is 39.9 Å². The number of nitrogens with one attached hydrogen (secondary N) is 1. The van der Waals surface area contributed by atoms with Gasteiger partial charge in [-0.15, -0.1) is 10.2 Å². The Morgan fingerprint density at radius 3 is 2.78 bits per heavy atom. The highest BCUT2D eigenvalue weighted by Crippen LogP contribution is 2.23. The van der Waals surface area contributed by atoms with Crippen LogP contribution in [0.25, 0.3) is 0 Å². The average Bonchev–Trinajstić information content (AvgIpc) is 3.08. The zero-order valence-electron chi connectivity index (χ0n) is 12.1. The highest BCUT2D eigenvalue weighted by Gasteiger charge is 2.28. The summed E-state index contributed by atoms with van der Waals surface area (Å²) in [6.45, 7) is 1.04. The van der Waals surface area contributed by atoms with Gasteiger partial charge >= 0.3 is 0 Å². The van der Waals surface area contributed by atoms with Crippen molar-refractivity contribution in [3.05, 3.63) is 34.6 Å². The minimum absolute atomic E-state index is 0.0733. The Bertz CT molecular complexity index is 701. The molecular weight excluding hydrogens is 338 g/mol. The zero-order valence-corrected chi connectivity index (χ0v) is 13.7. The van der Waals surface area contributed by atoms with E-state index < -0.39 is 0 Å². The van der Waals surface area contributed by atoms with Crippen LogP contribution < -0.4 is 5.32 Å². The number of amides is 2. The second-order valence-corrected chi connectivity index (χ2v) is 6.40. The maximum absolute atomic E-state index is 12.4. The van der Waals surface area contributed by atoms with Crippen LogP contribution in [-0.4, -0.2) is 45.0 Å². The molecule has 3 rings (SSSR count). The van der Waals surface area contributed by atoms with Gasteiger partial charge in [0.15, 0.2) is 0 Å². The number of carbonyl (C=O) groups excluding carboxylic acids is 2. The lowest BCUT2D eigenvalue weighted by atomic mass is 9.95. The molecule has 0 unspecified atom stereocenters. The number of anilines is 1. The van der Waals surface area contributed by atoms with Crippen LogP contribution in [-0.2, 0) is 4.79 Å². The summed E-state index contributed by atoms with van der Waals surface area (Å²) in [5.41, 5.74) is 2.01. The molecule has 0 aromatic carbocycles. The van der Waals surface area contributed by atoms with Gasteiger partial charge in [-0.1, -0.05) is 22.9 Å². The summed E-state index contributed by atoms with van der Waals surface area (Å²) in [4.78, 5) is 30.2. The predicted octanol–water partition coefficient (Wildman–Crippen LogP) is 2.08. The van der Waals surface area contributed by atoms with E-state index >= 15 is 0 Å². The summed E-state index contributed by atoms with van der Waals surface area (Å²) in [6, 6.07) is 1.61. The van der Waals surface area contributed by atoms with Gasteiger partial charge < -0.3 is 10.2 Å². The van der Waals surface area contributed by atoms with E-state index in [2.05, 4.69) is 20.5 Å². The van der Waals surface area contributed by atoms with Gasteiger partial charge in [-0.25, -0.2) is 0 Å². The number of pyridine rings is 1. The highest BCUT2D eigenvalue weighted by atomic mass is 35.5. The van der Waals surface area contributed by atoms with Crippen molar-refractivity contribution in [1.82, 2.24) is 20.1 Å². The molecule has 1 saturated heterocycles. The Morgan fingerprint density at radius 2 is 2.13 bits per heavy atom. The molecule has 0 atom stereocenters. The number of rotatable bonds is 3. The van der Waals surface area contributed by atoms with E-state index in [9.17, 15) is 9.59 Å². The minimum Gasteiger partial charge on any atom is -0.339 e. The molecule has 2 aromatic rings. The van der Waals surface area contributed by atoms with Crippen LogP contribution in [0.1, 0.15) is 23.2 Å². The minimum atomic E-state index is -0.129. The molecule has 1 aliphatic heterocycles. The fraction of sp³-hybridized carbons (Fsp3) is 0.357. The van der Waals surface area contributed by atoms with E-state index in [0.29, 0.717) is 41.6 Å². The molecule has 1 fully saturated rings. The van der Waals surface area contributed by atoms with Gasteiger partial charge in [-0.2, -0.15) is 0 Å². The summed E-state index contributed by atoms with van der Waals surface area (Å²) in [5, 5.41) is 11.1. The number of likely N-dealkylation sites (tertiary alicyclic amines) is 1. The van der Waals surface area contributed by atoms with E-state index in [0.717, 1.165) is 0 Å². The predicted molar refractivity (Wildman–Crippen MR) is 86.4 cm³/mol. The van der Waals surface area contributed by atoms with Gasteiger partial charge in [0.2, 0.25) is 11.0 Å². The lowest BCUT2D eigenvalue weighted by Crippen LogP contribution is -2.41. The first-order valence-electron chi connectivity index (χ1n) is 7.11. The van der Waals surface area contributed by atoms with Crippen LogP contribution in [0.2, 0.25) is 5.02 Å². The Kier molecular flexibility index (Phi) is 4.82. The standard InChI is InChI=1S/C14H14ClN5O2S/c15-11-7-16-4-1-10(11)13(22)20-5-2-9(3-6-20)12(21)18-14-19-17-8-23-14/h1,4,7-9H,2-3,5-6H2,(H,18,19,21). The number of piperidine rings is 1. The molecule has 120 valence electrons. The van der Waals surface area contributed by atoms with Gasteiger partial charge in [0.1, 0.15) is 5.51 Å². The highest BCUT2D eigenvalue weighted by molar-refractivity contribution is 7.13. The fourth-order valence-electron chi connectivity index (χ4n) is 2.50. The average molecular weight is 352 g/mol. The molecule has 1 aliphatic rings. The third kappa shape index (κ3) is 3.65. The molecule has 0 spiro atoms. The largest absolute Gasteiger partial charge is 0.339 e.